The average Bonchev–Trinajstić information content (AvgIpc) is 2.48. The fourth-order valence-electron chi connectivity index (χ4n) is 4.03. The summed E-state index contributed by atoms with van der Waals surface area (Å²) in [4.78, 5) is 2.73. The third kappa shape index (κ3) is 2.44. The van der Waals surface area contributed by atoms with Crippen molar-refractivity contribution in [3.8, 4) is 0 Å². The van der Waals surface area contributed by atoms with Crippen LogP contribution in [-0.4, -0.2) is 31.1 Å². The number of nitrogens with zero attached hydrogens (tertiary/aromatic N) is 1. The van der Waals surface area contributed by atoms with Crippen LogP contribution in [0.2, 0.25) is 0 Å². The molecular weight excluding hydrogens is 232 g/mol. The van der Waals surface area contributed by atoms with Crippen molar-refractivity contribution in [2.24, 2.45) is 0 Å². The lowest BCUT2D eigenvalue weighted by Gasteiger charge is -2.44. The smallest absolute Gasteiger partial charge is 0.0478 e. The van der Waals surface area contributed by atoms with E-state index in [1.54, 1.807) is 5.56 Å². The van der Waals surface area contributed by atoms with Crippen LogP contribution < -0.4 is 5.32 Å². The minimum absolute atomic E-state index is 0.505. The Kier molecular flexibility index (Phi) is 3.90. The first-order valence-electron chi connectivity index (χ1n) is 7.81. The van der Waals surface area contributed by atoms with Gasteiger partial charge in [0.2, 0.25) is 0 Å². The SMILES string of the molecule is CNC1c2ccccc2C(C)CC1N1CCCCC1. The van der Waals surface area contributed by atoms with E-state index in [1.807, 2.05) is 0 Å². The van der Waals surface area contributed by atoms with Gasteiger partial charge in [0.1, 0.15) is 0 Å². The Morgan fingerprint density at radius 1 is 1.05 bits per heavy atom. The fraction of sp³-hybridized carbons (Fsp3) is 0.647. The molecule has 0 saturated carbocycles. The summed E-state index contributed by atoms with van der Waals surface area (Å²) in [5.74, 6) is 0.688. The van der Waals surface area contributed by atoms with Gasteiger partial charge in [0, 0.05) is 12.1 Å². The highest BCUT2D eigenvalue weighted by Crippen LogP contribution is 2.40. The predicted molar refractivity (Wildman–Crippen MR) is 80.5 cm³/mol. The molecule has 0 aromatic heterocycles. The van der Waals surface area contributed by atoms with Gasteiger partial charge in [-0.3, -0.25) is 4.90 Å². The van der Waals surface area contributed by atoms with Crippen molar-refractivity contribution in [2.75, 3.05) is 20.1 Å². The van der Waals surface area contributed by atoms with Crippen molar-refractivity contribution < 1.29 is 0 Å². The van der Waals surface area contributed by atoms with E-state index in [0.29, 0.717) is 18.0 Å². The van der Waals surface area contributed by atoms with Crippen molar-refractivity contribution in [3.05, 3.63) is 35.4 Å². The van der Waals surface area contributed by atoms with Gasteiger partial charge in [0.15, 0.2) is 0 Å². The maximum atomic E-state index is 3.59. The number of fused-ring (bicyclic) bond motifs is 1. The zero-order chi connectivity index (χ0) is 13.2. The van der Waals surface area contributed by atoms with Crippen molar-refractivity contribution in [1.29, 1.82) is 0 Å². The van der Waals surface area contributed by atoms with Crippen LogP contribution in [0.1, 0.15) is 55.7 Å². The molecular formula is C17H26N2. The average molecular weight is 258 g/mol. The molecule has 1 N–H and O–H groups in total. The van der Waals surface area contributed by atoms with E-state index in [9.17, 15) is 0 Å². The molecule has 2 nitrogen and oxygen atoms in total. The number of likely N-dealkylation sites (tertiary alicyclic amines) is 1. The van der Waals surface area contributed by atoms with Gasteiger partial charge in [-0.05, 0) is 56.4 Å². The van der Waals surface area contributed by atoms with Crippen LogP contribution in [0.25, 0.3) is 0 Å². The summed E-state index contributed by atoms with van der Waals surface area (Å²) >= 11 is 0. The second kappa shape index (κ2) is 5.64. The van der Waals surface area contributed by atoms with Gasteiger partial charge in [-0.25, -0.2) is 0 Å². The highest BCUT2D eigenvalue weighted by Gasteiger charge is 2.35. The lowest BCUT2D eigenvalue weighted by atomic mass is 9.77. The van der Waals surface area contributed by atoms with Crippen LogP contribution >= 0.6 is 0 Å². The van der Waals surface area contributed by atoms with Crippen LogP contribution in [-0.2, 0) is 0 Å². The number of benzene rings is 1. The van der Waals surface area contributed by atoms with E-state index in [-0.39, 0.29) is 0 Å². The first-order valence-corrected chi connectivity index (χ1v) is 7.81. The minimum Gasteiger partial charge on any atom is -0.312 e. The van der Waals surface area contributed by atoms with E-state index < -0.39 is 0 Å². The lowest BCUT2D eigenvalue weighted by molar-refractivity contribution is 0.113. The molecule has 3 unspecified atom stereocenters. The van der Waals surface area contributed by atoms with Gasteiger partial charge in [-0.2, -0.15) is 0 Å². The maximum Gasteiger partial charge on any atom is 0.0478 e. The summed E-state index contributed by atoms with van der Waals surface area (Å²) in [7, 11) is 2.12. The van der Waals surface area contributed by atoms with Crippen molar-refractivity contribution in [3.63, 3.8) is 0 Å². The molecule has 1 aromatic carbocycles. The molecule has 2 heteroatoms. The predicted octanol–water partition coefficient (Wildman–Crippen LogP) is 3.31. The van der Waals surface area contributed by atoms with Crippen LogP contribution in [0, 0.1) is 0 Å². The van der Waals surface area contributed by atoms with Crippen molar-refractivity contribution in [1.82, 2.24) is 10.2 Å². The van der Waals surface area contributed by atoms with Crippen molar-refractivity contribution in [2.45, 2.75) is 50.6 Å². The highest BCUT2D eigenvalue weighted by molar-refractivity contribution is 5.36. The number of hydrogen-bond donors (Lipinski definition) is 1. The molecule has 1 heterocycles. The molecule has 2 aliphatic rings. The van der Waals surface area contributed by atoms with Gasteiger partial charge in [-0.15, -0.1) is 0 Å². The summed E-state index contributed by atoms with van der Waals surface area (Å²) in [6, 6.07) is 10.2. The summed E-state index contributed by atoms with van der Waals surface area (Å²) in [5, 5.41) is 3.59. The molecule has 1 aromatic rings. The highest BCUT2D eigenvalue weighted by atomic mass is 15.2. The van der Waals surface area contributed by atoms with Gasteiger partial charge in [-0.1, -0.05) is 37.6 Å². The van der Waals surface area contributed by atoms with E-state index in [0.717, 1.165) is 0 Å². The molecule has 1 aliphatic heterocycles. The molecule has 1 fully saturated rings. The van der Waals surface area contributed by atoms with E-state index in [2.05, 4.69) is 48.5 Å². The van der Waals surface area contributed by atoms with Crippen molar-refractivity contribution >= 4 is 0 Å². The lowest BCUT2D eigenvalue weighted by Crippen LogP contribution is -2.48. The maximum absolute atomic E-state index is 3.59. The third-order valence-corrected chi connectivity index (χ3v) is 5.01. The number of piperidine rings is 1. The third-order valence-electron chi connectivity index (χ3n) is 5.01. The van der Waals surface area contributed by atoms with Crippen LogP contribution in [0.3, 0.4) is 0 Å². The molecule has 0 bridgehead atoms. The van der Waals surface area contributed by atoms with E-state index in [1.165, 1.54) is 44.3 Å². The number of hydrogen-bond acceptors (Lipinski definition) is 2. The molecule has 0 radical (unpaired) electrons. The quantitative estimate of drug-likeness (QED) is 0.875. The largest absolute Gasteiger partial charge is 0.312 e. The summed E-state index contributed by atoms with van der Waals surface area (Å²) in [6.45, 7) is 4.97. The second-order valence-electron chi connectivity index (χ2n) is 6.20. The monoisotopic (exact) mass is 258 g/mol. The molecule has 104 valence electrons. The van der Waals surface area contributed by atoms with Gasteiger partial charge in [0.05, 0.1) is 0 Å². The molecule has 19 heavy (non-hydrogen) atoms. The van der Waals surface area contributed by atoms with Crippen LogP contribution in [0.15, 0.2) is 24.3 Å². The Morgan fingerprint density at radius 2 is 1.74 bits per heavy atom. The molecule has 3 rings (SSSR count). The molecule has 0 amide bonds. The Bertz CT molecular complexity index is 423. The Morgan fingerprint density at radius 3 is 2.42 bits per heavy atom. The summed E-state index contributed by atoms with van der Waals surface area (Å²) in [5.41, 5.74) is 3.08. The Labute approximate surface area is 117 Å². The Balaban J connectivity index is 1.90. The van der Waals surface area contributed by atoms with Gasteiger partial charge in [0.25, 0.3) is 0 Å². The Hall–Kier alpha value is -0.860. The molecule has 1 saturated heterocycles. The zero-order valence-electron chi connectivity index (χ0n) is 12.2. The number of likely N-dealkylation sites (N-methyl/N-ethyl adjacent to an activating group) is 1. The summed E-state index contributed by atoms with van der Waals surface area (Å²) in [6.07, 6.45) is 5.47. The topological polar surface area (TPSA) is 15.3 Å². The number of nitrogens with one attached hydrogen (secondary N) is 1. The standard InChI is InChI=1S/C17H26N2/c1-13-12-16(19-10-6-3-7-11-19)17(18-2)15-9-5-4-8-14(13)15/h4-5,8-9,13,16-18H,3,6-7,10-12H2,1-2H3. The summed E-state index contributed by atoms with van der Waals surface area (Å²) < 4.78 is 0. The van der Waals surface area contributed by atoms with Gasteiger partial charge < -0.3 is 5.32 Å². The van der Waals surface area contributed by atoms with Crippen LogP contribution in [0.4, 0.5) is 0 Å². The number of rotatable bonds is 2. The van der Waals surface area contributed by atoms with E-state index >= 15 is 0 Å². The normalized spacial score (nSPS) is 32.0. The first kappa shape index (κ1) is 13.1. The van der Waals surface area contributed by atoms with E-state index in [4.69, 9.17) is 0 Å². The first-order chi connectivity index (χ1) is 9.31. The molecule has 3 atom stereocenters. The molecule has 1 aliphatic carbocycles. The van der Waals surface area contributed by atoms with Gasteiger partial charge >= 0.3 is 0 Å². The second-order valence-corrected chi connectivity index (χ2v) is 6.20. The molecule has 0 spiro atoms. The zero-order valence-corrected chi connectivity index (χ0v) is 12.2. The minimum atomic E-state index is 0.505. The fourth-order valence-corrected chi connectivity index (χ4v) is 4.03. The van der Waals surface area contributed by atoms with Crippen LogP contribution in [0.5, 0.6) is 0 Å².